The Morgan fingerprint density at radius 2 is 1.72 bits per heavy atom. The molecule has 2 N–H and O–H groups in total. The van der Waals surface area contributed by atoms with Gasteiger partial charge in [-0.1, -0.05) is 56.3 Å². The number of aromatic nitrogens is 1. The van der Waals surface area contributed by atoms with Crippen LogP contribution in [0.25, 0.3) is 10.9 Å². The summed E-state index contributed by atoms with van der Waals surface area (Å²) in [7, 11) is 0. The summed E-state index contributed by atoms with van der Waals surface area (Å²) in [6, 6.07) is 17.8. The van der Waals surface area contributed by atoms with Crippen molar-refractivity contribution in [1.29, 1.82) is 0 Å². The average molecular weight is 336 g/mol. The van der Waals surface area contributed by atoms with Gasteiger partial charge < -0.3 is 15.0 Å². The first-order valence-corrected chi connectivity index (χ1v) is 8.63. The lowest BCUT2D eigenvalue weighted by Gasteiger charge is -2.14. The number of carbonyl (C=O) groups is 1. The van der Waals surface area contributed by atoms with Crippen LogP contribution < -0.4 is 5.32 Å². The standard InChI is InChI=1S/C21H24N2O2/c1-15(2)16-7-9-18(10-8-16)20(24)13-22-21(25)14-23-12-11-17-5-3-4-6-19(17)23/h3-12,15,20,24H,13-14H2,1-2H3,(H,22,25). The highest BCUT2D eigenvalue weighted by atomic mass is 16.3. The van der Waals surface area contributed by atoms with Crippen molar-refractivity contribution in [1.82, 2.24) is 9.88 Å². The van der Waals surface area contributed by atoms with Crippen LogP contribution in [0.2, 0.25) is 0 Å². The van der Waals surface area contributed by atoms with Crippen LogP contribution in [0.3, 0.4) is 0 Å². The number of nitrogens with one attached hydrogen (secondary N) is 1. The summed E-state index contributed by atoms with van der Waals surface area (Å²) in [6.45, 7) is 4.72. The van der Waals surface area contributed by atoms with E-state index in [9.17, 15) is 9.90 Å². The highest BCUT2D eigenvalue weighted by Crippen LogP contribution is 2.18. The van der Waals surface area contributed by atoms with Gasteiger partial charge in [0, 0.05) is 18.3 Å². The third-order valence-corrected chi connectivity index (χ3v) is 4.47. The lowest BCUT2D eigenvalue weighted by atomic mass is 10.00. The molecule has 3 rings (SSSR count). The van der Waals surface area contributed by atoms with Gasteiger partial charge in [-0.2, -0.15) is 0 Å². The minimum absolute atomic E-state index is 0.112. The van der Waals surface area contributed by atoms with E-state index in [4.69, 9.17) is 0 Å². The zero-order chi connectivity index (χ0) is 17.8. The number of fused-ring (bicyclic) bond motifs is 1. The van der Waals surface area contributed by atoms with Crippen LogP contribution >= 0.6 is 0 Å². The van der Waals surface area contributed by atoms with E-state index in [2.05, 4.69) is 19.2 Å². The minimum Gasteiger partial charge on any atom is -0.387 e. The Hall–Kier alpha value is -2.59. The maximum absolute atomic E-state index is 12.2. The van der Waals surface area contributed by atoms with Crippen LogP contribution in [0, 0.1) is 0 Å². The molecule has 0 saturated heterocycles. The number of para-hydroxylation sites is 1. The number of hydrogen-bond acceptors (Lipinski definition) is 2. The number of hydrogen-bond donors (Lipinski definition) is 2. The lowest BCUT2D eigenvalue weighted by Crippen LogP contribution is -2.31. The van der Waals surface area contributed by atoms with Crippen molar-refractivity contribution in [2.75, 3.05) is 6.54 Å². The first kappa shape index (κ1) is 17.2. The zero-order valence-electron chi connectivity index (χ0n) is 14.6. The summed E-state index contributed by atoms with van der Waals surface area (Å²) >= 11 is 0. The summed E-state index contributed by atoms with van der Waals surface area (Å²) < 4.78 is 1.91. The van der Waals surface area contributed by atoms with Gasteiger partial charge in [0.1, 0.15) is 6.54 Å². The molecule has 0 aliphatic heterocycles. The number of aliphatic hydroxyl groups excluding tert-OH is 1. The second-order valence-electron chi connectivity index (χ2n) is 6.64. The van der Waals surface area contributed by atoms with Gasteiger partial charge in [-0.3, -0.25) is 4.79 Å². The second kappa shape index (κ2) is 7.53. The molecule has 0 aliphatic carbocycles. The van der Waals surface area contributed by atoms with Crippen LogP contribution in [0.5, 0.6) is 0 Å². The smallest absolute Gasteiger partial charge is 0.240 e. The molecule has 0 aliphatic rings. The van der Waals surface area contributed by atoms with E-state index < -0.39 is 6.10 Å². The Morgan fingerprint density at radius 1 is 1.04 bits per heavy atom. The van der Waals surface area contributed by atoms with Gasteiger partial charge >= 0.3 is 0 Å². The summed E-state index contributed by atoms with van der Waals surface area (Å²) in [5.74, 6) is 0.349. The number of carbonyl (C=O) groups excluding carboxylic acids is 1. The maximum Gasteiger partial charge on any atom is 0.240 e. The number of aliphatic hydroxyl groups is 1. The molecule has 130 valence electrons. The molecule has 0 bridgehead atoms. The van der Waals surface area contributed by atoms with Crippen molar-refractivity contribution in [3.05, 3.63) is 71.9 Å². The van der Waals surface area contributed by atoms with Crippen LogP contribution in [0.15, 0.2) is 60.8 Å². The highest BCUT2D eigenvalue weighted by Gasteiger charge is 2.11. The van der Waals surface area contributed by atoms with Crippen LogP contribution in [-0.4, -0.2) is 22.1 Å². The number of amides is 1. The average Bonchev–Trinajstić information content (AvgIpc) is 3.03. The quantitative estimate of drug-likeness (QED) is 0.722. The Balaban J connectivity index is 1.56. The second-order valence-corrected chi connectivity index (χ2v) is 6.64. The highest BCUT2D eigenvalue weighted by molar-refractivity contribution is 5.83. The van der Waals surface area contributed by atoms with Gasteiger partial charge in [0.2, 0.25) is 5.91 Å². The number of rotatable bonds is 6. The molecule has 0 fully saturated rings. The normalized spacial score (nSPS) is 12.5. The van der Waals surface area contributed by atoms with Crippen molar-refractivity contribution in [2.24, 2.45) is 0 Å². The summed E-state index contributed by atoms with van der Waals surface area (Å²) in [6.07, 6.45) is 1.21. The van der Waals surface area contributed by atoms with E-state index in [1.807, 2.05) is 65.4 Å². The van der Waals surface area contributed by atoms with Crippen molar-refractivity contribution in [2.45, 2.75) is 32.4 Å². The summed E-state index contributed by atoms with van der Waals surface area (Å²) in [5, 5.41) is 14.2. The molecule has 0 spiro atoms. The molecule has 1 amide bonds. The van der Waals surface area contributed by atoms with Gasteiger partial charge in [0.25, 0.3) is 0 Å². The molecule has 0 saturated carbocycles. The van der Waals surface area contributed by atoms with E-state index in [1.165, 1.54) is 5.56 Å². The molecule has 2 aromatic carbocycles. The van der Waals surface area contributed by atoms with Crippen molar-refractivity contribution in [3.63, 3.8) is 0 Å². The van der Waals surface area contributed by atoms with Crippen molar-refractivity contribution >= 4 is 16.8 Å². The largest absolute Gasteiger partial charge is 0.387 e. The minimum atomic E-state index is -0.702. The van der Waals surface area contributed by atoms with E-state index >= 15 is 0 Å². The van der Waals surface area contributed by atoms with E-state index in [-0.39, 0.29) is 19.0 Å². The molecule has 4 nitrogen and oxygen atoms in total. The molecular weight excluding hydrogens is 312 g/mol. The van der Waals surface area contributed by atoms with Crippen molar-refractivity contribution < 1.29 is 9.90 Å². The Morgan fingerprint density at radius 3 is 2.44 bits per heavy atom. The molecule has 3 aromatic rings. The number of nitrogens with zero attached hydrogens (tertiary/aromatic N) is 1. The topological polar surface area (TPSA) is 54.3 Å². The Bertz CT molecular complexity index is 850. The lowest BCUT2D eigenvalue weighted by molar-refractivity contribution is -0.122. The van der Waals surface area contributed by atoms with E-state index in [0.29, 0.717) is 5.92 Å². The first-order valence-electron chi connectivity index (χ1n) is 8.63. The summed E-state index contributed by atoms with van der Waals surface area (Å²) in [4.78, 5) is 12.2. The van der Waals surface area contributed by atoms with Crippen LogP contribution in [0.4, 0.5) is 0 Å². The third-order valence-electron chi connectivity index (χ3n) is 4.47. The fraction of sp³-hybridized carbons (Fsp3) is 0.286. The predicted octanol–water partition coefficient (Wildman–Crippen LogP) is 3.61. The molecule has 4 heteroatoms. The first-order chi connectivity index (χ1) is 12.0. The van der Waals surface area contributed by atoms with Gasteiger partial charge in [-0.05, 0) is 34.6 Å². The van der Waals surface area contributed by atoms with E-state index in [1.54, 1.807) is 0 Å². The van der Waals surface area contributed by atoms with E-state index in [0.717, 1.165) is 16.5 Å². The van der Waals surface area contributed by atoms with Gasteiger partial charge in [-0.25, -0.2) is 0 Å². The molecule has 1 atom stereocenters. The Kier molecular flexibility index (Phi) is 5.19. The van der Waals surface area contributed by atoms with Gasteiger partial charge in [-0.15, -0.1) is 0 Å². The summed E-state index contributed by atoms with van der Waals surface area (Å²) in [5.41, 5.74) is 3.08. The fourth-order valence-corrected chi connectivity index (χ4v) is 2.92. The fourth-order valence-electron chi connectivity index (χ4n) is 2.92. The predicted molar refractivity (Wildman–Crippen MR) is 100 cm³/mol. The Labute approximate surface area is 148 Å². The van der Waals surface area contributed by atoms with Crippen molar-refractivity contribution in [3.8, 4) is 0 Å². The van der Waals surface area contributed by atoms with Crippen LogP contribution in [0.1, 0.15) is 37.0 Å². The zero-order valence-corrected chi connectivity index (χ0v) is 14.6. The molecule has 1 heterocycles. The molecular formula is C21H24N2O2. The number of benzene rings is 2. The van der Waals surface area contributed by atoms with Gasteiger partial charge in [0.05, 0.1) is 6.10 Å². The SMILES string of the molecule is CC(C)c1ccc(C(O)CNC(=O)Cn2ccc3ccccc32)cc1. The van der Waals surface area contributed by atoms with Crippen LogP contribution in [-0.2, 0) is 11.3 Å². The molecule has 1 unspecified atom stereocenters. The molecule has 1 aromatic heterocycles. The van der Waals surface area contributed by atoms with Gasteiger partial charge in [0.15, 0.2) is 0 Å². The molecule has 0 radical (unpaired) electrons. The maximum atomic E-state index is 12.2. The molecule has 25 heavy (non-hydrogen) atoms. The third kappa shape index (κ3) is 4.09. The monoisotopic (exact) mass is 336 g/mol.